The van der Waals surface area contributed by atoms with Crippen molar-refractivity contribution in [2.24, 2.45) is 38.2 Å². The van der Waals surface area contributed by atoms with Crippen LogP contribution in [0.5, 0.6) is 0 Å². The molecule has 2 atom stereocenters. The molecule has 16 nitrogen and oxygen atoms in total. The van der Waals surface area contributed by atoms with E-state index in [0.29, 0.717) is 43.9 Å². The highest BCUT2D eigenvalue weighted by atomic mass is 16.2. The van der Waals surface area contributed by atoms with Gasteiger partial charge in [-0.3, -0.25) is 24.2 Å². The Hall–Kier alpha value is -5.09. The van der Waals surface area contributed by atoms with E-state index in [4.69, 9.17) is 22.9 Å². The summed E-state index contributed by atoms with van der Waals surface area (Å²) < 4.78 is 0. The van der Waals surface area contributed by atoms with E-state index in [-0.39, 0.29) is 23.9 Å². The van der Waals surface area contributed by atoms with Crippen LogP contribution < -0.4 is 49.1 Å². The fraction of sp³-hybridized carbons (Fsp3) is 0.541. The second-order valence-electron chi connectivity index (χ2n) is 13.1. The minimum absolute atomic E-state index is 0.0378. The van der Waals surface area contributed by atoms with Crippen molar-refractivity contribution in [3.8, 4) is 0 Å². The van der Waals surface area contributed by atoms with E-state index < -0.39 is 29.8 Å². The van der Waals surface area contributed by atoms with Crippen LogP contribution in [0.1, 0.15) is 81.0 Å². The molecule has 16 heteroatoms. The summed E-state index contributed by atoms with van der Waals surface area (Å²) in [4.78, 5) is 55.5. The van der Waals surface area contributed by atoms with Crippen molar-refractivity contribution in [1.82, 2.24) is 21.3 Å². The molecule has 0 fully saturated rings. The molecule has 0 aliphatic rings. The van der Waals surface area contributed by atoms with Crippen molar-refractivity contribution in [2.75, 3.05) is 51.7 Å². The molecule has 0 radical (unpaired) electrons. The number of nitrogens with two attached hydrogens (primary N) is 4. The van der Waals surface area contributed by atoms with Crippen LogP contribution in [0, 0.1) is 0 Å². The van der Waals surface area contributed by atoms with Gasteiger partial charge in [0.1, 0.15) is 6.04 Å². The molecule has 0 aromatic heterocycles. The van der Waals surface area contributed by atoms with E-state index >= 15 is 0 Å². The van der Waals surface area contributed by atoms with Crippen molar-refractivity contribution in [1.29, 1.82) is 0 Å². The third kappa shape index (κ3) is 19.9. The largest absolute Gasteiger partial charge is 0.378 e. The van der Waals surface area contributed by atoms with Crippen molar-refractivity contribution in [3.05, 3.63) is 54.1 Å². The maximum absolute atomic E-state index is 13.0. The van der Waals surface area contributed by atoms with Gasteiger partial charge in [0.15, 0.2) is 5.96 Å². The Kier molecular flexibility index (Phi) is 21.5. The van der Waals surface area contributed by atoms with Gasteiger partial charge in [0.2, 0.25) is 17.7 Å². The second kappa shape index (κ2) is 25.8. The summed E-state index contributed by atoms with van der Waals surface area (Å²) in [5, 5.41) is 20.2. The predicted molar refractivity (Wildman–Crippen MR) is 210 cm³/mol. The molecule has 0 aliphatic heterocycles. The summed E-state index contributed by atoms with van der Waals surface area (Å²) >= 11 is 0. The van der Waals surface area contributed by atoms with Gasteiger partial charge in [-0.05, 0) is 94.1 Å². The Morgan fingerprint density at radius 1 is 0.717 bits per heavy atom. The Morgan fingerprint density at radius 3 is 1.94 bits per heavy atom. The van der Waals surface area contributed by atoms with Gasteiger partial charge in [0.05, 0.1) is 23.8 Å². The van der Waals surface area contributed by atoms with E-state index in [0.717, 1.165) is 70.1 Å². The smallest absolute Gasteiger partial charge is 0.252 e. The molecule has 0 heterocycles. The molecule has 2 rings (SSSR count). The van der Waals surface area contributed by atoms with E-state index in [1.54, 1.807) is 24.3 Å². The van der Waals surface area contributed by atoms with Gasteiger partial charge in [0, 0.05) is 45.0 Å². The zero-order valence-corrected chi connectivity index (χ0v) is 31.3. The lowest BCUT2D eigenvalue weighted by Crippen LogP contribution is -2.48. The lowest BCUT2D eigenvalue weighted by molar-refractivity contribution is -0.126. The zero-order chi connectivity index (χ0) is 38.8. The fourth-order valence-electron chi connectivity index (χ4n) is 5.20. The molecule has 292 valence electrons. The topological polar surface area (TPSA) is 261 Å². The second-order valence-corrected chi connectivity index (χ2v) is 13.1. The predicted octanol–water partition coefficient (Wildman–Crippen LogP) is 2.47. The first-order valence-electron chi connectivity index (χ1n) is 18.4. The monoisotopic (exact) mass is 736 g/mol. The van der Waals surface area contributed by atoms with Gasteiger partial charge in [0.25, 0.3) is 5.91 Å². The number of carbonyl (C=O) groups excluding carboxylic acids is 4. The summed E-state index contributed by atoms with van der Waals surface area (Å²) in [5.41, 5.74) is 24.3. The molecule has 0 aliphatic carbocycles. The van der Waals surface area contributed by atoms with Gasteiger partial charge in [-0.15, -0.1) is 0 Å². The molecule has 0 unspecified atom stereocenters. The van der Waals surface area contributed by atoms with Crippen LogP contribution in [-0.4, -0.2) is 88.5 Å². The van der Waals surface area contributed by atoms with Gasteiger partial charge in [-0.2, -0.15) is 10.2 Å². The first-order chi connectivity index (χ1) is 25.5. The van der Waals surface area contributed by atoms with Crippen molar-refractivity contribution in [2.45, 2.75) is 82.7 Å². The quantitative estimate of drug-likeness (QED) is 0.0290. The van der Waals surface area contributed by atoms with Crippen LogP contribution in [0.15, 0.2) is 63.8 Å². The van der Waals surface area contributed by atoms with Gasteiger partial charge in [-0.25, -0.2) is 0 Å². The van der Waals surface area contributed by atoms with Gasteiger partial charge < -0.3 is 49.1 Å². The number of unbranched alkanes of at least 4 members (excludes halogenated alkanes) is 6. The van der Waals surface area contributed by atoms with Crippen molar-refractivity contribution >= 4 is 46.7 Å². The summed E-state index contributed by atoms with van der Waals surface area (Å²) in [6.07, 6.45) is 8.76. The molecular weight excluding hydrogens is 676 g/mol. The van der Waals surface area contributed by atoms with Crippen LogP contribution in [-0.2, 0) is 14.4 Å². The molecule has 2 aromatic rings. The SMILES string of the molecule is CN(C)c1ccc(N=Nc2cccc(C(=O)N[C@@H](CC(N)=O)C(=O)NCCCCCCCCNCCCCNC(=O)[C@@H](N)CCCN=C(N)N)c2)cc1. The van der Waals surface area contributed by atoms with Crippen LogP contribution >= 0.6 is 0 Å². The highest BCUT2D eigenvalue weighted by molar-refractivity contribution is 5.99. The number of amides is 4. The first kappa shape index (κ1) is 44.1. The fourth-order valence-corrected chi connectivity index (χ4v) is 5.20. The summed E-state index contributed by atoms with van der Waals surface area (Å²) in [6, 6.07) is 12.5. The Morgan fingerprint density at radius 2 is 1.30 bits per heavy atom. The van der Waals surface area contributed by atoms with Crippen molar-refractivity contribution < 1.29 is 19.2 Å². The molecule has 0 bridgehead atoms. The number of guanidine groups is 1. The number of nitrogens with one attached hydrogen (secondary N) is 4. The number of benzene rings is 2. The maximum Gasteiger partial charge on any atom is 0.252 e. The molecule has 2 aromatic carbocycles. The zero-order valence-electron chi connectivity index (χ0n) is 31.3. The molecule has 0 saturated carbocycles. The molecule has 4 amide bonds. The summed E-state index contributed by atoms with van der Waals surface area (Å²) in [6.45, 7) is 3.32. The van der Waals surface area contributed by atoms with E-state index in [2.05, 4.69) is 36.5 Å². The molecule has 0 spiro atoms. The van der Waals surface area contributed by atoms with Gasteiger partial charge in [-0.1, -0.05) is 31.7 Å². The van der Waals surface area contributed by atoms with E-state index in [1.807, 2.05) is 43.3 Å². The molecular formula is C37H60N12O4. The minimum atomic E-state index is -1.09. The third-order valence-electron chi connectivity index (χ3n) is 8.25. The number of hydrogen-bond acceptors (Lipinski definition) is 10. The van der Waals surface area contributed by atoms with Crippen molar-refractivity contribution in [3.63, 3.8) is 0 Å². The van der Waals surface area contributed by atoms with Crippen LogP contribution in [0.4, 0.5) is 17.1 Å². The number of rotatable bonds is 27. The number of hydrogen-bond donors (Lipinski definition) is 8. The number of azo groups is 1. The maximum atomic E-state index is 13.0. The van der Waals surface area contributed by atoms with E-state index in [9.17, 15) is 19.2 Å². The molecule has 53 heavy (non-hydrogen) atoms. The number of anilines is 1. The Labute approximate surface area is 313 Å². The lowest BCUT2D eigenvalue weighted by atomic mass is 10.1. The Bertz CT molecular complexity index is 1460. The van der Waals surface area contributed by atoms with Crippen LogP contribution in [0.25, 0.3) is 0 Å². The minimum Gasteiger partial charge on any atom is -0.378 e. The normalized spacial score (nSPS) is 12.1. The third-order valence-corrected chi connectivity index (χ3v) is 8.25. The van der Waals surface area contributed by atoms with Crippen LogP contribution in [0.2, 0.25) is 0 Å². The van der Waals surface area contributed by atoms with Gasteiger partial charge >= 0.3 is 0 Å². The summed E-state index contributed by atoms with van der Waals surface area (Å²) in [7, 11) is 3.91. The average molecular weight is 737 g/mol. The number of aliphatic imine (C=N–C) groups is 1. The number of primary amides is 1. The highest BCUT2D eigenvalue weighted by Gasteiger charge is 2.23. The highest BCUT2D eigenvalue weighted by Crippen LogP contribution is 2.22. The van der Waals surface area contributed by atoms with E-state index in [1.165, 1.54) is 0 Å². The summed E-state index contributed by atoms with van der Waals surface area (Å²) in [5.74, 6) is -1.78. The number of carbonyl (C=O) groups is 4. The Balaban J connectivity index is 1.57. The first-order valence-corrected chi connectivity index (χ1v) is 18.4. The standard InChI is InChI=1S/C37H60N12O4/c1-49(2)30-18-16-28(17-19-30)47-48-29-14-11-13-27(25-29)34(51)46-32(26-33(39)50)36(53)44-22-8-6-4-3-5-7-20-42-21-9-10-23-43-35(52)31(38)15-12-24-45-37(40)41/h11,13-14,16-19,25,31-32,42H,3-10,12,15,20-24,26,38H2,1-2H3,(H2,39,50)(H,43,52)(H,44,53)(H,46,51)(H4,40,41,45)/t31-,32-/m0/s1. The number of nitrogens with zero attached hydrogens (tertiary/aromatic N) is 4. The van der Waals surface area contributed by atoms with Crippen LogP contribution in [0.3, 0.4) is 0 Å². The molecule has 0 saturated heterocycles. The lowest BCUT2D eigenvalue weighted by Gasteiger charge is -2.17. The average Bonchev–Trinajstić information content (AvgIpc) is 3.13. The molecule has 12 N–H and O–H groups in total.